The Morgan fingerprint density at radius 2 is 1.82 bits per heavy atom. The summed E-state index contributed by atoms with van der Waals surface area (Å²) in [6.07, 6.45) is 5.57. The molecule has 0 aliphatic heterocycles. The Morgan fingerprint density at radius 1 is 1.11 bits per heavy atom. The number of amides is 1. The van der Waals surface area contributed by atoms with E-state index in [2.05, 4.69) is 22.5 Å². The van der Waals surface area contributed by atoms with Crippen molar-refractivity contribution < 1.29 is 4.79 Å². The van der Waals surface area contributed by atoms with Crippen LogP contribution in [0.2, 0.25) is 0 Å². The molecule has 6 heteroatoms. The largest absolute Gasteiger partial charge is 0.357 e. The summed E-state index contributed by atoms with van der Waals surface area (Å²) in [6.45, 7) is 6.81. The zero-order valence-electron chi connectivity index (χ0n) is 17.6. The minimum absolute atomic E-state index is 0.0245. The van der Waals surface area contributed by atoms with Crippen LogP contribution < -0.4 is 10.6 Å². The molecule has 0 radical (unpaired) electrons. The molecule has 2 saturated carbocycles. The van der Waals surface area contributed by atoms with Gasteiger partial charge in [-0.3, -0.25) is 9.69 Å². The van der Waals surface area contributed by atoms with Gasteiger partial charge < -0.3 is 15.5 Å². The lowest BCUT2D eigenvalue weighted by molar-refractivity contribution is 0.0827. The van der Waals surface area contributed by atoms with E-state index in [-0.39, 0.29) is 5.91 Å². The SMILES string of the molecule is CCNC(=NCc1ccc(C(=O)N(C)C)cc1)NCCN(CC1CC1)C1CC1. The van der Waals surface area contributed by atoms with Crippen molar-refractivity contribution in [2.75, 3.05) is 40.3 Å². The minimum atomic E-state index is 0.0245. The Balaban J connectivity index is 1.48. The predicted molar refractivity (Wildman–Crippen MR) is 115 cm³/mol. The molecule has 154 valence electrons. The van der Waals surface area contributed by atoms with E-state index >= 15 is 0 Å². The van der Waals surface area contributed by atoms with E-state index in [1.807, 2.05) is 24.3 Å². The number of nitrogens with one attached hydrogen (secondary N) is 2. The maximum absolute atomic E-state index is 12.0. The van der Waals surface area contributed by atoms with Gasteiger partial charge in [-0.15, -0.1) is 0 Å². The molecule has 0 unspecified atom stereocenters. The molecule has 0 aromatic heterocycles. The number of aliphatic imine (C=N–C) groups is 1. The standard InChI is InChI=1S/C22H35N5O/c1-4-23-22(24-13-14-27(20-11-12-20)16-18-5-6-18)25-15-17-7-9-19(10-8-17)21(28)26(2)3/h7-10,18,20H,4-6,11-16H2,1-3H3,(H2,23,24,25). The number of hydrogen-bond donors (Lipinski definition) is 2. The lowest BCUT2D eigenvalue weighted by Gasteiger charge is -2.22. The number of carbonyl (C=O) groups excluding carboxylic acids is 1. The molecule has 0 heterocycles. The van der Waals surface area contributed by atoms with Crippen molar-refractivity contribution in [3.63, 3.8) is 0 Å². The summed E-state index contributed by atoms with van der Waals surface area (Å²) in [4.78, 5) is 20.9. The summed E-state index contributed by atoms with van der Waals surface area (Å²) in [5.41, 5.74) is 1.81. The smallest absolute Gasteiger partial charge is 0.253 e. The van der Waals surface area contributed by atoms with E-state index in [9.17, 15) is 4.79 Å². The molecule has 2 aliphatic carbocycles. The van der Waals surface area contributed by atoms with Gasteiger partial charge in [-0.2, -0.15) is 0 Å². The molecule has 0 spiro atoms. The first kappa shape index (κ1) is 20.6. The van der Waals surface area contributed by atoms with Gasteiger partial charge in [0.25, 0.3) is 5.91 Å². The zero-order chi connectivity index (χ0) is 19.9. The maximum Gasteiger partial charge on any atom is 0.253 e. The first-order chi connectivity index (χ1) is 13.6. The number of benzene rings is 1. The first-order valence-electron chi connectivity index (χ1n) is 10.6. The van der Waals surface area contributed by atoms with Crippen molar-refractivity contribution in [3.8, 4) is 0 Å². The average Bonchev–Trinajstić information content (AvgIpc) is 3.59. The third-order valence-electron chi connectivity index (χ3n) is 5.32. The van der Waals surface area contributed by atoms with Crippen LogP contribution in [0.3, 0.4) is 0 Å². The van der Waals surface area contributed by atoms with Crippen LogP contribution in [-0.4, -0.2) is 68.0 Å². The second-order valence-corrected chi connectivity index (χ2v) is 8.19. The van der Waals surface area contributed by atoms with E-state index in [4.69, 9.17) is 4.99 Å². The minimum Gasteiger partial charge on any atom is -0.357 e. The van der Waals surface area contributed by atoms with Crippen LogP contribution in [0.15, 0.2) is 29.3 Å². The van der Waals surface area contributed by atoms with Crippen LogP contribution in [0.1, 0.15) is 48.5 Å². The highest BCUT2D eigenvalue weighted by molar-refractivity contribution is 5.93. The molecule has 2 N–H and O–H groups in total. The predicted octanol–water partition coefficient (Wildman–Crippen LogP) is 2.32. The van der Waals surface area contributed by atoms with E-state index in [1.165, 1.54) is 32.2 Å². The van der Waals surface area contributed by atoms with Gasteiger partial charge in [0.15, 0.2) is 5.96 Å². The fourth-order valence-corrected chi connectivity index (χ4v) is 3.34. The number of carbonyl (C=O) groups is 1. The number of hydrogen-bond acceptors (Lipinski definition) is 3. The van der Waals surface area contributed by atoms with Crippen molar-refractivity contribution in [3.05, 3.63) is 35.4 Å². The van der Waals surface area contributed by atoms with E-state index in [0.29, 0.717) is 12.1 Å². The Labute approximate surface area is 169 Å². The maximum atomic E-state index is 12.0. The van der Waals surface area contributed by atoms with Gasteiger partial charge in [0.2, 0.25) is 0 Å². The fourth-order valence-electron chi connectivity index (χ4n) is 3.34. The van der Waals surface area contributed by atoms with Crippen LogP contribution in [-0.2, 0) is 6.54 Å². The van der Waals surface area contributed by atoms with Crippen molar-refractivity contribution in [1.29, 1.82) is 0 Å². The van der Waals surface area contributed by atoms with Gasteiger partial charge in [0.05, 0.1) is 6.54 Å². The van der Waals surface area contributed by atoms with Gasteiger partial charge in [-0.1, -0.05) is 12.1 Å². The molecular weight excluding hydrogens is 350 g/mol. The van der Waals surface area contributed by atoms with Crippen molar-refractivity contribution in [2.45, 2.75) is 45.2 Å². The van der Waals surface area contributed by atoms with Crippen LogP contribution in [0.5, 0.6) is 0 Å². The molecule has 0 atom stereocenters. The fraction of sp³-hybridized carbons (Fsp3) is 0.636. The molecule has 2 fully saturated rings. The van der Waals surface area contributed by atoms with Crippen molar-refractivity contribution >= 4 is 11.9 Å². The topological polar surface area (TPSA) is 60.0 Å². The molecule has 2 aliphatic rings. The molecular formula is C22H35N5O. The van der Waals surface area contributed by atoms with E-state index in [0.717, 1.165) is 43.1 Å². The van der Waals surface area contributed by atoms with Crippen LogP contribution in [0.25, 0.3) is 0 Å². The highest BCUT2D eigenvalue weighted by Crippen LogP contribution is 2.34. The van der Waals surface area contributed by atoms with Gasteiger partial charge in [0, 0.05) is 51.9 Å². The number of nitrogens with zero attached hydrogens (tertiary/aromatic N) is 3. The second kappa shape index (κ2) is 9.92. The normalized spacial score (nSPS) is 16.9. The quantitative estimate of drug-likeness (QED) is 0.479. The van der Waals surface area contributed by atoms with Crippen molar-refractivity contribution in [1.82, 2.24) is 20.4 Å². The summed E-state index contributed by atoms with van der Waals surface area (Å²) in [6, 6.07) is 8.53. The molecule has 3 rings (SSSR count). The Hall–Kier alpha value is -2.08. The first-order valence-corrected chi connectivity index (χ1v) is 10.6. The summed E-state index contributed by atoms with van der Waals surface area (Å²) >= 11 is 0. The molecule has 0 bridgehead atoms. The Morgan fingerprint density at radius 3 is 2.39 bits per heavy atom. The molecule has 28 heavy (non-hydrogen) atoms. The van der Waals surface area contributed by atoms with Gasteiger partial charge >= 0.3 is 0 Å². The van der Waals surface area contributed by atoms with E-state index in [1.54, 1.807) is 19.0 Å². The van der Waals surface area contributed by atoms with Crippen LogP contribution >= 0.6 is 0 Å². The van der Waals surface area contributed by atoms with Gasteiger partial charge in [-0.25, -0.2) is 4.99 Å². The lowest BCUT2D eigenvalue weighted by atomic mass is 10.1. The molecule has 0 saturated heterocycles. The number of rotatable bonds is 10. The van der Waals surface area contributed by atoms with Gasteiger partial charge in [0.1, 0.15) is 0 Å². The lowest BCUT2D eigenvalue weighted by Crippen LogP contribution is -2.42. The van der Waals surface area contributed by atoms with Crippen LogP contribution in [0, 0.1) is 5.92 Å². The zero-order valence-corrected chi connectivity index (χ0v) is 17.6. The number of guanidine groups is 1. The Bertz CT molecular complexity index is 662. The summed E-state index contributed by atoms with van der Waals surface area (Å²) in [7, 11) is 3.54. The molecule has 6 nitrogen and oxygen atoms in total. The van der Waals surface area contributed by atoms with Crippen LogP contribution in [0.4, 0.5) is 0 Å². The van der Waals surface area contributed by atoms with Gasteiger partial charge in [-0.05, 0) is 56.2 Å². The van der Waals surface area contributed by atoms with Crippen molar-refractivity contribution in [2.24, 2.45) is 10.9 Å². The summed E-state index contributed by atoms with van der Waals surface area (Å²) in [5.74, 6) is 1.83. The highest BCUT2D eigenvalue weighted by atomic mass is 16.2. The monoisotopic (exact) mass is 385 g/mol. The Kier molecular flexibility index (Phi) is 7.31. The third kappa shape index (κ3) is 6.51. The van der Waals surface area contributed by atoms with E-state index < -0.39 is 0 Å². The molecule has 1 aromatic rings. The molecule has 1 aromatic carbocycles. The third-order valence-corrected chi connectivity index (χ3v) is 5.32. The highest BCUT2D eigenvalue weighted by Gasteiger charge is 2.33. The summed E-state index contributed by atoms with van der Waals surface area (Å²) in [5, 5.41) is 6.81. The average molecular weight is 386 g/mol. The summed E-state index contributed by atoms with van der Waals surface area (Å²) < 4.78 is 0. The second-order valence-electron chi connectivity index (χ2n) is 8.19. The molecule has 1 amide bonds.